The summed E-state index contributed by atoms with van der Waals surface area (Å²) in [5.41, 5.74) is -0.758. The lowest BCUT2D eigenvalue weighted by atomic mass is 9.93. The fourth-order valence-corrected chi connectivity index (χ4v) is 4.78. The third-order valence-corrected chi connectivity index (χ3v) is 6.59. The molecule has 0 radical (unpaired) electrons. The van der Waals surface area contributed by atoms with Gasteiger partial charge in [0.15, 0.2) is 0 Å². The lowest BCUT2D eigenvalue weighted by Crippen LogP contribution is -2.32. The first-order valence-corrected chi connectivity index (χ1v) is 13.2. The molecular formula is C30H28F4N6O3. The Morgan fingerprint density at radius 3 is 2.51 bits per heavy atom. The summed E-state index contributed by atoms with van der Waals surface area (Å²) in [4.78, 5) is 30.0. The molecule has 0 saturated heterocycles. The van der Waals surface area contributed by atoms with Crippen molar-refractivity contribution in [3.63, 3.8) is 0 Å². The Labute approximate surface area is 243 Å². The molecule has 13 heteroatoms. The van der Waals surface area contributed by atoms with Crippen LogP contribution in [0, 0.1) is 5.82 Å². The third-order valence-electron chi connectivity index (χ3n) is 6.59. The van der Waals surface area contributed by atoms with Gasteiger partial charge in [-0.1, -0.05) is 12.1 Å². The molecule has 0 aliphatic carbocycles. The largest absolute Gasteiger partial charge is 0.444 e. The molecule has 1 unspecified atom stereocenters. The highest BCUT2D eigenvalue weighted by atomic mass is 19.4. The van der Waals surface area contributed by atoms with Crippen molar-refractivity contribution in [2.45, 2.75) is 52.1 Å². The number of pyridine rings is 1. The molecule has 5 rings (SSSR count). The molecule has 0 spiro atoms. The number of carbonyl (C=O) groups is 2. The second-order valence-corrected chi connectivity index (χ2v) is 11.0. The summed E-state index contributed by atoms with van der Waals surface area (Å²) in [6, 6.07) is 10.1. The van der Waals surface area contributed by atoms with Gasteiger partial charge in [0.25, 0.3) is 5.91 Å². The van der Waals surface area contributed by atoms with E-state index in [4.69, 9.17) is 4.74 Å². The van der Waals surface area contributed by atoms with Crippen molar-refractivity contribution in [2.75, 3.05) is 10.6 Å². The lowest BCUT2D eigenvalue weighted by Gasteiger charge is -2.30. The van der Waals surface area contributed by atoms with Gasteiger partial charge in [0.05, 0.1) is 23.4 Å². The summed E-state index contributed by atoms with van der Waals surface area (Å²) in [5.74, 6) is -1.67. The van der Waals surface area contributed by atoms with Crippen LogP contribution in [0.4, 0.5) is 33.9 Å². The van der Waals surface area contributed by atoms with Crippen molar-refractivity contribution >= 4 is 34.3 Å². The molecule has 1 aliphatic heterocycles. The molecule has 3 heterocycles. The number of aromatic nitrogens is 3. The third kappa shape index (κ3) is 6.45. The Balaban J connectivity index is 1.51. The molecule has 0 saturated carbocycles. The number of allylic oxidation sites excluding steroid dienone is 1. The number of nitrogens with one attached hydrogen (secondary N) is 3. The van der Waals surface area contributed by atoms with E-state index in [-0.39, 0.29) is 17.7 Å². The standard InChI is InChI=1S/C30H28F4N6O3/c1-16-25(27(41)38-20-7-5-19-14-35-10-9-17(19)11-20)26(18-6-8-22(23(31)12-18)30(32,33)34)40-24(37-16)13-21(39-40)15-36-28(42)43-29(2,3)4/h5-14,26,37H,15H2,1-4H3,(H,36,42)(H,38,41). The SMILES string of the molecule is CC1=C(C(=O)Nc2ccc3cnccc3c2)C(c2ccc(C(F)(F)F)c(F)c2)n2nc(CNC(=O)OC(C)(C)C)cc2N1. The average Bonchev–Trinajstić information content (AvgIpc) is 3.31. The van der Waals surface area contributed by atoms with Crippen LogP contribution in [0.1, 0.15) is 50.6 Å². The van der Waals surface area contributed by atoms with E-state index in [1.54, 1.807) is 70.4 Å². The smallest absolute Gasteiger partial charge is 0.419 e. The van der Waals surface area contributed by atoms with Gasteiger partial charge in [-0.2, -0.15) is 18.3 Å². The normalized spacial score (nSPS) is 15.1. The van der Waals surface area contributed by atoms with Crippen LogP contribution in [0.25, 0.3) is 10.8 Å². The van der Waals surface area contributed by atoms with Crippen molar-refractivity contribution in [2.24, 2.45) is 0 Å². The van der Waals surface area contributed by atoms with Gasteiger partial charge in [0.1, 0.15) is 23.3 Å². The fraction of sp³-hybridized carbons (Fsp3) is 0.267. The topological polar surface area (TPSA) is 110 Å². The number of ether oxygens (including phenoxy) is 1. The number of halogens is 4. The van der Waals surface area contributed by atoms with Gasteiger partial charge < -0.3 is 20.7 Å². The minimum Gasteiger partial charge on any atom is -0.444 e. The number of hydrogen-bond donors (Lipinski definition) is 3. The zero-order valence-corrected chi connectivity index (χ0v) is 23.6. The van der Waals surface area contributed by atoms with Gasteiger partial charge >= 0.3 is 12.3 Å². The van der Waals surface area contributed by atoms with E-state index < -0.39 is 41.2 Å². The highest BCUT2D eigenvalue weighted by Crippen LogP contribution is 2.39. The maximum absolute atomic E-state index is 14.8. The number of rotatable bonds is 5. The highest BCUT2D eigenvalue weighted by molar-refractivity contribution is 6.06. The first-order chi connectivity index (χ1) is 20.2. The van der Waals surface area contributed by atoms with Gasteiger partial charge in [-0.05, 0) is 69.0 Å². The average molecular weight is 597 g/mol. The monoisotopic (exact) mass is 596 g/mol. The Morgan fingerprint density at radius 1 is 1.05 bits per heavy atom. The molecule has 43 heavy (non-hydrogen) atoms. The van der Waals surface area contributed by atoms with Crippen LogP contribution in [-0.4, -0.2) is 32.4 Å². The molecule has 2 amide bonds. The van der Waals surface area contributed by atoms with Gasteiger partial charge in [0, 0.05) is 35.2 Å². The number of carbonyl (C=O) groups excluding carboxylic acids is 2. The van der Waals surface area contributed by atoms with Crippen LogP contribution >= 0.6 is 0 Å². The predicted octanol–water partition coefficient (Wildman–Crippen LogP) is 6.54. The fourth-order valence-electron chi connectivity index (χ4n) is 4.78. The molecule has 2 aromatic carbocycles. The molecule has 224 valence electrons. The molecular weight excluding hydrogens is 568 g/mol. The summed E-state index contributed by atoms with van der Waals surface area (Å²) in [6.45, 7) is 6.74. The highest BCUT2D eigenvalue weighted by Gasteiger charge is 2.37. The maximum atomic E-state index is 14.8. The van der Waals surface area contributed by atoms with Gasteiger partial charge in [0.2, 0.25) is 0 Å². The minimum atomic E-state index is -4.90. The summed E-state index contributed by atoms with van der Waals surface area (Å²) in [5, 5.41) is 14.7. The number of anilines is 2. The Kier molecular flexibility index (Phi) is 7.59. The van der Waals surface area contributed by atoms with Crippen LogP contribution in [0.3, 0.4) is 0 Å². The number of hydrogen-bond acceptors (Lipinski definition) is 6. The molecule has 1 aliphatic rings. The van der Waals surface area contributed by atoms with E-state index in [0.29, 0.717) is 29.0 Å². The van der Waals surface area contributed by atoms with E-state index in [0.717, 1.165) is 22.9 Å². The van der Waals surface area contributed by atoms with Crippen molar-refractivity contribution in [3.8, 4) is 0 Å². The number of amides is 2. The van der Waals surface area contributed by atoms with Gasteiger partial charge in [-0.15, -0.1) is 0 Å². The number of fused-ring (bicyclic) bond motifs is 2. The first kappa shape index (κ1) is 29.5. The van der Waals surface area contributed by atoms with Crippen LogP contribution in [0.5, 0.6) is 0 Å². The zero-order valence-electron chi connectivity index (χ0n) is 23.6. The number of alkyl carbamates (subject to hydrolysis) is 1. The van der Waals surface area contributed by atoms with Crippen molar-refractivity contribution in [1.82, 2.24) is 20.1 Å². The second kappa shape index (κ2) is 11.0. The van der Waals surface area contributed by atoms with Gasteiger partial charge in [-0.25, -0.2) is 13.9 Å². The van der Waals surface area contributed by atoms with Crippen LogP contribution in [-0.2, 0) is 22.3 Å². The van der Waals surface area contributed by atoms with Crippen molar-refractivity contribution in [1.29, 1.82) is 0 Å². The van der Waals surface area contributed by atoms with E-state index in [2.05, 4.69) is 26.0 Å². The molecule has 0 bridgehead atoms. The van der Waals surface area contributed by atoms with Crippen LogP contribution in [0.15, 0.2) is 72.2 Å². The number of alkyl halides is 3. The van der Waals surface area contributed by atoms with E-state index in [1.807, 2.05) is 0 Å². The molecule has 9 nitrogen and oxygen atoms in total. The molecule has 1 atom stereocenters. The number of nitrogens with zero attached hydrogens (tertiary/aromatic N) is 3. The van der Waals surface area contributed by atoms with Crippen LogP contribution in [0.2, 0.25) is 0 Å². The molecule has 4 aromatic rings. The molecule has 2 aromatic heterocycles. The van der Waals surface area contributed by atoms with Crippen molar-refractivity contribution < 1.29 is 31.9 Å². The van der Waals surface area contributed by atoms with Crippen molar-refractivity contribution in [3.05, 3.63) is 94.8 Å². The summed E-state index contributed by atoms with van der Waals surface area (Å²) < 4.78 is 61.5. The maximum Gasteiger partial charge on any atom is 0.419 e. The first-order valence-electron chi connectivity index (χ1n) is 13.2. The van der Waals surface area contributed by atoms with E-state index >= 15 is 0 Å². The molecule has 3 N–H and O–H groups in total. The Hall–Kier alpha value is -4.94. The van der Waals surface area contributed by atoms with Gasteiger partial charge in [-0.3, -0.25) is 9.78 Å². The lowest BCUT2D eigenvalue weighted by molar-refractivity contribution is -0.140. The quantitative estimate of drug-likeness (QED) is 0.226. The van der Waals surface area contributed by atoms with E-state index in [1.165, 1.54) is 4.68 Å². The predicted molar refractivity (Wildman–Crippen MR) is 152 cm³/mol. The Morgan fingerprint density at radius 2 is 1.81 bits per heavy atom. The second-order valence-electron chi connectivity index (χ2n) is 11.0. The zero-order chi connectivity index (χ0) is 31.1. The summed E-state index contributed by atoms with van der Waals surface area (Å²) in [6.07, 6.45) is -2.27. The Bertz CT molecular complexity index is 1760. The summed E-state index contributed by atoms with van der Waals surface area (Å²) >= 11 is 0. The van der Waals surface area contributed by atoms with E-state index in [9.17, 15) is 27.2 Å². The van der Waals surface area contributed by atoms with Crippen LogP contribution < -0.4 is 16.0 Å². The minimum absolute atomic E-state index is 0.0444. The summed E-state index contributed by atoms with van der Waals surface area (Å²) in [7, 11) is 0. The molecule has 0 fully saturated rings. The number of benzene rings is 2.